The highest BCUT2D eigenvalue weighted by Crippen LogP contribution is 2.09. The molecule has 0 aliphatic carbocycles. The summed E-state index contributed by atoms with van der Waals surface area (Å²) in [4.78, 5) is 15.9. The predicted molar refractivity (Wildman–Crippen MR) is 73.0 cm³/mol. The molecule has 0 atom stereocenters. The number of anilines is 1. The minimum atomic E-state index is -3.58. The zero-order valence-electron chi connectivity index (χ0n) is 10.7. The van der Waals surface area contributed by atoms with Gasteiger partial charge in [0.2, 0.25) is 10.0 Å². The minimum absolute atomic E-state index is 0.0387. The number of sulfonamides is 1. The third kappa shape index (κ3) is 5.66. The molecule has 0 aromatic carbocycles. The lowest BCUT2D eigenvalue weighted by Crippen LogP contribution is -2.31. The Bertz CT molecular complexity index is 557. The maximum atomic E-state index is 11.8. The maximum Gasteiger partial charge on any atom is 0.251 e. The van der Waals surface area contributed by atoms with E-state index in [9.17, 15) is 13.2 Å². The highest BCUT2D eigenvalue weighted by atomic mass is 32.2. The molecule has 0 saturated carbocycles. The van der Waals surface area contributed by atoms with Gasteiger partial charge >= 0.3 is 0 Å². The summed E-state index contributed by atoms with van der Waals surface area (Å²) in [5.41, 5.74) is 6.72. The molecule has 5 N–H and O–H groups in total. The van der Waals surface area contributed by atoms with Crippen LogP contribution in [0, 0.1) is 0 Å². The standard InChI is InChI=1S/C11H18N4O3S/c1-2-3-9-6-8(7-10(12)15-9)11(16)14-4-5-19(13,17)18/h6-7H,2-5H2,1H3,(H2,12,15)(H,14,16)(H2,13,17,18). The van der Waals surface area contributed by atoms with Crippen LogP contribution >= 0.6 is 0 Å². The average Bonchev–Trinajstić information content (AvgIpc) is 2.26. The number of aryl methyl sites for hydroxylation is 1. The van der Waals surface area contributed by atoms with E-state index in [-0.39, 0.29) is 18.1 Å². The zero-order valence-corrected chi connectivity index (χ0v) is 11.5. The van der Waals surface area contributed by atoms with Crippen molar-refractivity contribution < 1.29 is 13.2 Å². The summed E-state index contributed by atoms with van der Waals surface area (Å²) in [6, 6.07) is 3.09. The quantitative estimate of drug-likeness (QED) is 0.657. The third-order valence-electron chi connectivity index (χ3n) is 2.34. The lowest BCUT2D eigenvalue weighted by molar-refractivity contribution is 0.0956. The number of carbonyl (C=O) groups is 1. The zero-order chi connectivity index (χ0) is 14.5. The van der Waals surface area contributed by atoms with E-state index >= 15 is 0 Å². The Balaban J connectivity index is 2.71. The molecule has 0 spiro atoms. The van der Waals surface area contributed by atoms with Gasteiger partial charge in [0.25, 0.3) is 5.91 Å². The number of pyridine rings is 1. The van der Waals surface area contributed by atoms with Crippen LogP contribution in [0.2, 0.25) is 0 Å². The summed E-state index contributed by atoms with van der Waals surface area (Å²) in [6.45, 7) is 1.96. The summed E-state index contributed by atoms with van der Waals surface area (Å²) in [7, 11) is -3.58. The Morgan fingerprint density at radius 2 is 2.11 bits per heavy atom. The second kappa shape index (κ2) is 6.48. The summed E-state index contributed by atoms with van der Waals surface area (Å²) >= 11 is 0. The topological polar surface area (TPSA) is 128 Å². The van der Waals surface area contributed by atoms with Crippen LogP contribution in [0.15, 0.2) is 12.1 Å². The molecule has 7 nitrogen and oxygen atoms in total. The van der Waals surface area contributed by atoms with Gasteiger partial charge in [-0.1, -0.05) is 13.3 Å². The number of primary sulfonamides is 1. The van der Waals surface area contributed by atoms with E-state index in [1.54, 1.807) is 6.07 Å². The minimum Gasteiger partial charge on any atom is -0.384 e. The monoisotopic (exact) mass is 286 g/mol. The van der Waals surface area contributed by atoms with Gasteiger partial charge in [-0.3, -0.25) is 4.79 Å². The molecule has 0 saturated heterocycles. The largest absolute Gasteiger partial charge is 0.384 e. The number of nitrogens with two attached hydrogens (primary N) is 2. The van der Waals surface area contributed by atoms with Crippen LogP contribution in [0.4, 0.5) is 5.82 Å². The van der Waals surface area contributed by atoms with Crippen LogP contribution < -0.4 is 16.2 Å². The van der Waals surface area contributed by atoms with Gasteiger partial charge in [-0.05, 0) is 18.6 Å². The van der Waals surface area contributed by atoms with Crippen molar-refractivity contribution in [2.45, 2.75) is 19.8 Å². The van der Waals surface area contributed by atoms with Gasteiger partial charge in [-0.2, -0.15) is 0 Å². The maximum absolute atomic E-state index is 11.8. The van der Waals surface area contributed by atoms with E-state index in [0.29, 0.717) is 5.56 Å². The van der Waals surface area contributed by atoms with E-state index in [4.69, 9.17) is 10.9 Å². The Morgan fingerprint density at radius 3 is 2.68 bits per heavy atom. The molecule has 1 aromatic heterocycles. The fourth-order valence-electron chi connectivity index (χ4n) is 1.54. The van der Waals surface area contributed by atoms with E-state index in [1.165, 1.54) is 6.07 Å². The first-order chi connectivity index (χ1) is 8.81. The second-order valence-electron chi connectivity index (χ2n) is 4.14. The molecule has 19 heavy (non-hydrogen) atoms. The van der Waals surface area contributed by atoms with E-state index in [0.717, 1.165) is 18.5 Å². The normalized spacial score (nSPS) is 11.3. The van der Waals surface area contributed by atoms with E-state index in [1.807, 2.05) is 6.92 Å². The number of hydrogen-bond donors (Lipinski definition) is 3. The number of rotatable bonds is 6. The van der Waals surface area contributed by atoms with Crippen LogP contribution in [0.5, 0.6) is 0 Å². The van der Waals surface area contributed by atoms with Gasteiger partial charge in [0.15, 0.2) is 0 Å². The molecule has 1 heterocycles. The third-order valence-corrected chi connectivity index (χ3v) is 3.11. The average molecular weight is 286 g/mol. The Kier molecular flexibility index (Phi) is 5.25. The number of aromatic nitrogens is 1. The Morgan fingerprint density at radius 1 is 1.42 bits per heavy atom. The summed E-state index contributed by atoms with van der Waals surface area (Å²) in [5, 5.41) is 7.31. The Hall–Kier alpha value is -1.67. The molecule has 0 bridgehead atoms. The van der Waals surface area contributed by atoms with Crippen LogP contribution in [0.1, 0.15) is 29.4 Å². The number of nitrogens with one attached hydrogen (secondary N) is 1. The van der Waals surface area contributed by atoms with Gasteiger partial charge in [-0.15, -0.1) is 0 Å². The first-order valence-corrected chi connectivity index (χ1v) is 7.58. The molecule has 1 aromatic rings. The molecule has 0 fully saturated rings. The number of hydrogen-bond acceptors (Lipinski definition) is 5. The van der Waals surface area contributed by atoms with Gasteiger partial charge in [-0.25, -0.2) is 18.5 Å². The fourth-order valence-corrected chi connectivity index (χ4v) is 1.92. The number of nitrogens with zero attached hydrogens (tertiary/aromatic N) is 1. The van der Waals surface area contributed by atoms with Crippen molar-refractivity contribution in [3.63, 3.8) is 0 Å². The molecular weight excluding hydrogens is 268 g/mol. The lowest BCUT2D eigenvalue weighted by Gasteiger charge is -2.07. The van der Waals surface area contributed by atoms with Crippen LogP contribution in [-0.2, 0) is 16.4 Å². The fraction of sp³-hybridized carbons (Fsp3) is 0.455. The molecule has 1 rings (SSSR count). The van der Waals surface area contributed by atoms with E-state index < -0.39 is 15.9 Å². The highest BCUT2D eigenvalue weighted by Gasteiger charge is 2.10. The van der Waals surface area contributed by atoms with Crippen LogP contribution in [0.25, 0.3) is 0 Å². The molecular formula is C11H18N4O3S. The van der Waals surface area contributed by atoms with Gasteiger partial charge in [0.1, 0.15) is 5.82 Å². The van der Waals surface area contributed by atoms with Crippen molar-refractivity contribution in [1.29, 1.82) is 0 Å². The van der Waals surface area contributed by atoms with Gasteiger partial charge in [0, 0.05) is 17.8 Å². The van der Waals surface area contributed by atoms with Crippen molar-refractivity contribution >= 4 is 21.7 Å². The first kappa shape index (κ1) is 15.4. The number of amides is 1. The highest BCUT2D eigenvalue weighted by molar-refractivity contribution is 7.89. The molecule has 1 amide bonds. The molecule has 8 heteroatoms. The molecule has 106 valence electrons. The lowest BCUT2D eigenvalue weighted by atomic mass is 10.1. The summed E-state index contributed by atoms with van der Waals surface area (Å²) in [6.07, 6.45) is 1.62. The van der Waals surface area contributed by atoms with Crippen LogP contribution in [0.3, 0.4) is 0 Å². The first-order valence-electron chi connectivity index (χ1n) is 5.87. The SMILES string of the molecule is CCCc1cc(C(=O)NCCS(N)(=O)=O)cc(N)n1. The molecule has 0 unspecified atom stereocenters. The molecule has 0 aliphatic rings. The number of nitrogen functional groups attached to an aromatic ring is 1. The summed E-state index contributed by atoms with van der Waals surface area (Å²) in [5.74, 6) is -0.432. The van der Waals surface area contributed by atoms with Gasteiger partial charge in [0.05, 0.1) is 5.75 Å². The smallest absolute Gasteiger partial charge is 0.251 e. The van der Waals surface area contributed by atoms with Crippen molar-refractivity contribution in [1.82, 2.24) is 10.3 Å². The number of carbonyl (C=O) groups excluding carboxylic acids is 1. The van der Waals surface area contributed by atoms with Crippen molar-refractivity contribution in [2.75, 3.05) is 18.0 Å². The second-order valence-corrected chi connectivity index (χ2v) is 5.88. The molecule has 0 aliphatic heterocycles. The Labute approximate surface area is 112 Å². The van der Waals surface area contributed by atoms with E-state index in [2.05, 4.69) is 10.3 Å². The van der Waals surface area contributed by atoms with Crippen molar-refractivity contribution in [3.05, 3.63) is 23.4 Å². The van der Waals surface area contributed by atoms with Crippen molar-refractivity contribution in [3.8, 4) is 0 Å². The predicted octanol–water partition coefficient (Wildman–Crippen LogP) is -0.365. The summed E-state index contributed by atoms with van der Waals surface area (Å²) < 4.78 is 21.5. The molecule has 0 radical (unpaired) electrons. The van der Waals surface area contributed by atoms with Gasteiger partial charge < -0.3 is 11.1 Å². The van der Waals surface area contributed by atoms with Crippen LogP contribution in [-0.4, -0.2) is 31.6 Å². The van der Waals surface area contributed by atoms with Crippen molar-refractivity contribution in [2.24, 2.45) is 5.14 Å².